The molecule has 0 saturated carbocycles. The quantitative estimate of drug-likeness (QED) is 0.853. The maximum absolute atomic E-state index is 5.71. The van der Waals surface area contributed by atoms with Gasteiger partial charge in [0.2, 0.25) is 0 Å². The Morgan fingerprint density at radius 1 is 1.42 bits per heavy atom. The fraction of sp³-hybridized carbons (Fsp3) is 0.500. The van der Waals surface area contributed by atoms with Gasteiger partial charge < -0.3 is 10.3 Å². The van der Waals surface area contributed by atoms with E-state index in [-0.39, 0.29) is 0 Å². The maximum Gasteiger partial charge on any atom is 0.160 e. The van der Waals surface area contributed by atoms with Gasteiger partial charge in [0.05, 0.1) is 11.5 Å². The van der Waals surface area contributed by atoms with Crippen molar-refractivity contribution >= 4 is 28.4 Å². The van der Waals surface area contributed by atoms with Gasteiger partial charge in [0.25, 0.3) is 0 Å². The van der Waals surface area contributed by atoms with Crippen LogP contribution < -0.4 is 5.73 Å². The Balaban J connectivity index is 2.63. The van der Waals surface area contributed by atoms with Crippen molar-refractivity contribution in [2.75, 3.05) is 0 Å². The van der Waals surface area contributed by atoms with E-state index < -0.39 is 0 Å². The Morgan fingerprint density at radius 3 is 2.68 bits per heavy atom. The molecule has 0 aromatic carbocycles. The maximum atomic E-state index is 5.71. The second-order valence-electron chi connectivity index (χ2n) is 4.89. The van der Waals surface area contributed by atoms with Crippen molar-refractivity contribution < 1.29 is 0 Å². The number of thiocarbonyl (C=S) groups is 1. The van der Waals surface area contributed by atoms with E-state index in [1.54, 1.807) is 0 Å². The SMILES string of the molecule is CCC(CC)c1nc2cc(C)cnc2n1CC(N)=S. The van der Waals surface area contributed by atoms with Gasteiger partial charge in [-0.25, -0.2) is 9.97 Å². The number of hydrogen-bond acceptors (Lipinski definition) is 3. The van der Waals surface area contributed by atoms with Gasteiger partial charge in [0.15, 0.2) is 5.65 Å². The molecule has 0 unspecified atom stereocenters. The molecular weight excluding hydrogens is 256 g/mol. The Morgan fingerprint density at radius 2 is 2.11 bits per heavy atom. The highest BCUT2D eigenvalue weighted by molar-refractivity contribution is 7.80. The van der Waals surface area contributed by atoms with Gasteiger partial charge in [-0.2, -0.15) is 0 Å². The molecule has 102 valence electrons. The molecule has 0 aliphatic heterocycles. The van der Waals surface area contributed by atoms with E-state index in [1.165, 1.54) is 0 Å². The number of nitrogens with two attached hydrogens (primary N) is 1. The summed E-state index contributed by atoms with van der Waals surface area (Å²) in [6.07, 6.45) is 3.96. The third-order valence-corrected chi connectivity index (χ3v) is 3.54. The van der Waals surface area contributed by atoms with Gasteiger partial charge in [-0.3, -0.25) is 0 Å². The van der Waals surface area contributed by atoms with E-state index in [0.717, 1.165) is 35.4 Å². The Labute approximate surface area is 119 Å². The summed E-state index contributed by atoms with van der Waals surface area (Å²) in [6, 6.07) is 2.06. The largest absolute Gasteiger partial charge is 0.392 e. The van der Waals surface area contributed by atoms with Crippen LogP contribution in [0.2, 0.25) is 0 Å². The molecule has 0 spiro atoms. The van der Waals surface area contributed by atoms with Crippen molar-refractivity contribution in [2.45, 2.75) is 46.1 Å². The molecule has 0 fully saturated rings. The van der Waals surface area contributed by atoms with Crippen molar-refractivity contribution in [3.8, 4) is 0 Å². The average molecular weight is 276 g/mol. The average Bonchev–Trinajstić information content (AvgIpc) is 2.68. The van der Waals surface area contributed by atoms with E-state index in [1.807, 2.05) is 13.1 Å². The van der Waals surface area contributed by atoms with Crippen molar-refractivity contribution in [3.05, 3.63) is 23.7 Å². The minimum atomic E-state index is 0.420. The van der Waals surface area contributed by atoms with Crippen LogP contribution in [0.1, 0.15) is 44.0 Å². The molecule has 2 aromatic rings. The van der Waals surface area contributed by atoms with E-state index >= 15 is 0 Å². The van der Waals surface area contributed by atoms with Crippen molar-refractivity contribution in [1.82, 2.24) is 14.5 Å². The lowest BCUT2D eigenvalue weighted by atomic mass is 10.0. The number of hydrogen-bond donors (Lipinski definition) is 1. The third-order valence-electron chi connectivity index (χ3n) is 3.42. The molecule has 4 nitrogen and oxygen atoms in total. The predicted octanol–water partition coefficient (Wildman–Crippen LogP) is 2.93. The summed E-state index contributed by atoms with van der Waals surface area (Å²) in [6.45, 7) is 6.89. The van der Waals surface area contributed by atoms with E-state index in [9.17, 15) is 0 Å². The summed E-state index contributed by atoms with van der Waals surface area (Å²) in [7, 11) is 0. The second kappa shape index (κ2) is 5.65. The predicted molar refractivity (Wildman–Crippen MR) is 82.4 cm³/mol. The monoisotopic (exact) mass is 276 g/mol. The van der Waals surface area contributed by atoms with E-state index in [4.69, 9.17) is 22.9 Å². The zero-order valence-corrected chi connectivity index (χ0v) is 12.5. The Bertz CT molecular complexity index is 599. The highest BCUT2D eigenvalue weighted by Gasteiger charge is 2.18. The Hall–Kier alpha value is -1.49. The Kier molecular flexibility index (Phi) is 4.14. The number of rotatable bonds is 5. The molecule has 0 aliphatic rings. The van der Waals surface area contributed by atoms with Crippen LogP contribution in [0, 0.1) is 6.92 Å². The fourth-order valence-electron chi connectivity index (χ4n) is 2.41. The first kappa shape index (κ1) is 13.9. The van der Waals surface area contributed by atoms with Crippen molar-refractivity contribution in [1.29, 1.82) is 0 Å². The molecule has 2 aromatic heterocycles. The lowest BCUT2D eigenvalue weighted by Gasteiger charge is -2.14. The number of aryl methyl sites for hydroxylation is 1. The van der Waals surface area contributed by atoms with Crippen molar-refractivity contribution in [3.63, 3.8) is 0 Å². The molecule has 0 saturated heterocycles. The summed E-state index contributed by atoms with van der Waals surface area (Å²) < 4.78 is 2.06. The molecule has 2 heterocycles. The van der Waals surface area contributed by atoms with Crippen LogP contribution in [-0.2, 0) is 6.54 Å². The van der Waals surface area contributed by atoms with Gasteiger partial charge in [-0.1, -0.05) is 26.1 Å². The highest BCUT2D eigenvalue weighted by Crippen LogP contribution is 2.26. The number of aromatic nitrogens is 3. The second-order valence-corrected chi connectivity index (χ2v) is 5.42. The molecule has 19 heavy (non-hydrogen) atoms. The first-order valence-electron chi connectivity index (χ1n) is 6.67. The van der Waals surface area contributed by atoms with Crippen LogP contribution in [0.25, 0.3) is 11.2 Å². The van der Waals surface area contributed by atoms with E-state index in [0.29, 0.717) is 17.5 Å². The van der Waals surface area contributed by atoms with Crippen LogP contribution in [0.3, 0.4) is 0 Å². The number of fused-ring (bicyclic) bond motifs is 1. The summed E-state index contributed by atoms with van der Waals surface area (Å²) in [4.78, 5) is 9.71. The van der Waals surface area contributed by atoms with Crippen LogP contribution in [-0.4, -0.2) is 19.5 Å². The van der Waals surface area contributed by atoms with Crippen LogP contribution in [0.5, 0.6) is 0 Å². The van der Waals surface area contributed by atoms with Gasteiger partial charge in [-0.15, -0.1) is 0 Å². The lowest BCUT2D eigenvalue weighted by Crippen LogP contribution is -2.19. The molecule has 2 rings (SSSR count). The van der Waals surface area contributed by atoms with Gasteiger partial charge in [-0.05, 0) is 31.4 Å². The minimum Gasteiger partial charge on any atom is -0.392 e. The zero-order chi connectivity index (χ0) is 14.0. The van der Waals surface area contributed by atoms with E-state index in [2.05, 4.69) is 29.5 Å². The molecule has 5 heteroatoms. The fourth-order valence-corrected chi connectivity index (χ4v) is 2.54. The van der Waals surface area contributed by atoms with Crippen LogP contribution >= 0.6 is 12.2 Å². The first-order valence-corrected chi connectivity index (χ1v) is 7.08. The zero-order valence-electron chi connectivity index (χ0n) is 11.7. The smallest absolute Gasteiger partial charge is 0.160 e. The molecular formula is C14H20N4S. The summed E-state index contributed by atoms with van der Waals surface area (Å²) in [5.74, 6) is 1.47. The summed E-state index contributed by atoms with van der Waals surface area (Å²) in [5, 5.41) is 0. The molecule has 0 bridgehead atoms. The normalized spacial score (nSPS) is 11.4. The molecule has 0 radical (unpaired) electrons. The molecule has 2 N–H and O–H groups in total. The van der Waals surface area contributed by atoms with Crippen LogP contribution in [0.4, 0.5) is 0 Å². The minimum absolute atomic E-state index is 0.420. The summed E-state index contributed by atoms with van der Waals surface area (Å²) >= 11 is 5.05. The molecule has 0 aliphatic carbocycles. The van der Waals surface area contributed by atoms with Crippen LogP contribution in [0.15, 0.2) is 12.3 Å². The van der Waals surface area contributed by atoms with Gasteiger partial charge in [0.1, 0.15) is 11.3 Å². The third kappa shape index (κ3) is 2.76. The number of imidazole rings is 1. The van der Waals surface area contributed by atoms with Gasteiger partial charge >= 0.3 is 0 Å². The standard InChI is InChI=1S/C14H20N4S/c1-4-10(5-2)13-17-11-6-9(3)7-16-14(11)18(13)8-12(15)19/h6-7,10H,4-5,8H2,1-3H3,(H2,15,19). The number of nitrogens with zero attached hydrogens (tertiary/aromatic N) is 3. The topological polar surface area (TPSA) is 56.7 Å². The number of pyridine rings is 1. The highest BCUT2D eigenvalue weighted by atomic mass is 32.1. The van der Waals surface area contributed by atoms with Crippen molar-refractivity contribution in [2.24, 2.45) is 5.73 Å². The molecule has 0 atom stereocenters. The summed E-state index contributed by atoms with van der Waals surface area (Å²) in [5.41, 5.74) is 8.63. The van der Waals surface area contributed by atoms with Gasteiger partial charge in [0, 0.05) is 12.1 Å². The first-order chi connectivity index (χ1) is 9.06. The lowest BCUT2D eigenvalue weighted by molar-refractivity contribution is 0.575. The molecule has 0 amide bonds.